The predicted molar refractivity (Wildman–Crippen MR) is 105 cm³/mol. The zero-order chi connectivity index (χ0) is 21.4. The first-order chi connectivity index (χ1) is 13.8. The normalized spacial score (nSPS) is 11.1. The lowest BCUT2D eigenvalue weighted by molar-refractivity contribution is -0.148. The first kappa shape index (κ1) is 21.6. The average Bonchev–Trinajstić information content (AvgIpc) is 2.73. The van der Waals surface area contributed by atoms with E-state index >= 15 is 0 Å². The fraction of sp³-hybridized carbons (Fsp3) is 0.238. The number of nitrogens with one attached hydrogen (secondary N) is 2. The number of hydrogen-bond donors (Lipinski definition) is 2. The third-order valence-electron chi connectivity index (χ3n) is 4.02. The van der Waals surface area contributed by atoms with Crippen molar-refractivity contribution in [1.82, 2.24) is 5.32 Å². The molecule has 2 N–H and O–H groups in total. The third kappa shape index (κ3) is 6.17. The van der Waals surface area contributed by atoms with Gasteiger partial charge in [0.1, 0.15) is 6.04 Å². The lowest BCUT2D eigenvalue weighted by atomic mass is 10.1. The van der Waals surface area contributed by atoms with E-state index in [2.05, 4.69) is 15.4 Å². The van der Waals surface area contributed by atoms with Crippen LogP contribution in [0.4, 0.5) is 5.69 Å². The quantitative estimate of drug-likeness (QED) is 0.691. The Hall–Kier alpha value is -3.68. The molecule has 2 aromatic rings. The van der Waals surface area contributed by atoms with Gasteiger partial charge >= 0.3 is 11.9 Å². The van der Waals surface area contributed by atoms with E-state index in [4.69, 9.17) is 4.74 Å². The topological polar surface area (TPSA) is 111 Å². The Kier molecular flexibility index (Phi) is 7.47. The van der Waals surface area contributed by atoms with Crippen molar-refractivity contribution in [2.45, 2.75) is 19.9 Å². The summed E-state index contributed by atoms with van der Waals surface area (Å²) >= 11 is 0. The highest BCUT2D eigenvalue weighted by Crippen LogP contribution is 2.17. The molecular weight excluding hydrogens is 376 g/mol. The summed E-state index contributed by atoms with van der Waals surface area (Å²) < 4.78 is 9.61. The van der Waals surface area contributed by atoms with Crippen molar-refractivity contribution in [3.05, 3.63) is 65.2 Å². The van der Waals surface area contributed by atoms with Gasteiger partial charge in [-0.15, -0.1) is 0 Å². The van der Waals surface area contributed by atoms with Crippen LogP contribution in [0.25, 0.3) is 0 Å². The van der Waals surface area contributed by atoms with Crippen LogP contribution in [0.1, 0.15) is 33.2 Å². The largest absolute Gasteiger partial charge is 0.465 e. The molecule has 2 amide bonds. The van der Waals surface area contributed by atoms with Gasteiger partial charge < -0.3 is 20.1 Å². The minimum Gasteiger partial charge on any atom is -0.465 e. The van der Waals surface area contributed by atoms with Crippen LogP contribution >= 0.6 is 0 Å². The summed E-state index contributed by atoms with van der Waals surface area (Å²) in [5.74, 6) is -2.28. The van der Waals surface area contributed by atoms with Crippen molar-refractivity contribution in [2.75, 3.05) is 19.0 Å². The number of carbonyl (C=O) groups is 4. The maximum Gasteiger partial charge on any atom is 0.337 e. The number of methoxy groups -OCH3 is 1. The molecule has 29 heavy (non-hydrogen) atoms. The van der Waals surface area contributed by atoms with E-state index in [0.717, 1.165) is 5.56 Å². The van der Waals surface area contributed by atoms with Crippen LogP contribution in [-0.2, 0) is 19.1 Å². The third-order valence-corrected chi connectivity index (χ3v) is 4.02. The summed E-state index contributed by atoms with van der Waals surface area (Å²) in [7, 11) is 1.26. The van der Waals surface area contributed by atoms with Gasteiger partial charge in [0, 0.05) is 11.3 Å². The number of rotatable bonds is 7. The van der Waals surface area contributed by atoms with Crippen LogP contribution in [0.15, 0.2) is 48.5 Å². The molecule has 0 aliphatic heterocycles. The van der Waals surface area contributed by atoms with Gasteiger partial charge in [0.2, 0.25) is 0 Å². The molecule has 0 saturated heterocycles. The molecule has 0 fully saturated rings. The minimum absolute atomic E-state index is 0.280. The predicted octanol–water partition coefficient (Wildman–Crippen LogP) is 2.08. The van der Waals surface area contributed by atoms with Crippen molar-refractivity contribution in [3.63, 3.8) is 0 Å². The molecule has 2 aromatic carbocycles. The van der Waals surface area contributed by atoms with Gasteiger partial charge in [-0.05, 0) is 43.7 Å². The van der Waals surface area contributed by atoms with Crippen molar-refractivity contribution in [1.29, 1.82) is 0 Å². The Bertz CT molecular complexity index is 911. The van der Waals surface area contributed by atoms with E-state index < -0.39 is 36.4 Å². The molecule has 0 unspecified atom stereocenters. The van der Waals surface area contributed by atoms with Crippen LogP contribution in [-0.4, -0.2) is 43.5 Å². The van der Waals surface area contributed by atoms with Crippen molar-refractivity contribution < 1.29 is 28.7 Å². The molecule has 8 nitrogen and oxygen atoms in total. The Morgan fingerprint density at radius 1 is 1.00 bits per heavy atom. The molecule has 1 atom stereocenters. The van der Waals surface area contributed by atoms with E-state index in [0.29, 0.717) is 11.3 Å². The molecule has 0 spiro atoms. The van der Waals surface area contributed by atoms with Crippen molar-refractivity contribution in [3.8, 4) is 0 Å². The number of anilines is 1. The van der Waals surface area contributed by atoms with Crippen LogP contribution in [0.2, 0.25) is 0 Å². The van der Waals surface area contributed by atoms with E-state index in [1.54, 1.807) is 49.4 Å². The first-order valence-electron chi connectivity index (χ1n) is 8.83. The number of hydrogen-bond acceptors (Lipinski definition) is 6. The van der Waals surface area contributed by atoms with Crippen LogP contribution < -0.4 is 10.6 Å². The maximum atomic E-state index is 12.1. The van der Waals surface area contributed by atoms with Crippen LogP contribution in [0.5, 0.6) is 0 Å². The lowest BCUT2D eigenvalue weighted by Crippen LogP contribution is -2.40. The number of aryl methyl sites for hydroxylation is 1. The first-order valence-corrected chi connectivity index (χ1v) is 8.83. The molecule has 0 aromatic heterocycles. The SMILES string of the molecule is COC(=O)c1ccc(C)c(NC(=O)COC(=O)[C@H](C)NC(=O)c2ccccc2)c1. The van der Waals surface area contributed by atoms with Crippen LogP contribution in [0.3, 0.4) is 0 Å². The molecule has 0 aliphatic rings. The summed E-state index contributed by atoms with van der Waals surface area (Å²) in [6.45, 7) is 2.68. The van der Waals surface area contributed by atoms with Gasteiger partial charge in [-0.2, -0.15) is 0 Å². The highest BCUT2D eigenvalue weighted by atomic mass is 16.5. The van der Waals surface area contributed by atoms with Gasteiger partial charge in [0.15, 0.2) is 6.61 Å². The van der Waals surface area contributed by atoms with Crippen molar-refractivity contribution in [2.24, 2.45) is 0 Å². The van der Waals surface area contributed by atoms with Gasteiger partial charge in [0.05, 0.1) is 12.7 Å². The highest BCUT2D eigenvalue weighted by molar-refractivity contribution is 5.98. The number of carbonyl (C=O) groups excluding carboxylic acids is 4. The second-order valence-electron chi connectivity index (χ2n) is 6.24. The molecule has 0 aliphatic carbocycles. The zero-order valence-corrected chi connectivity index (χ0v) is 16.4. The molecule has 0 heterocycles. The summed E-state index contributed by atoms with van der Waals surface area (Å²) in [6.07, 6.45) is 0. The average molecular weight is 398 g/mol. The molecule has 8 heteroatoms. The summed E-state index contributed by atoms with van der Waals surface area (Å²) in [5, 5.41) is 5.09. The monoisotopic (exact) mass is 398 g/mol. The van der Waals surface area contributed by atoms with E-state index in [1.165, 1.54) is 20.1 Å². The number of esters is 2. The summed E-state index contributed by atoms with van der Waals surface area (Å²) in [6, 6.07) is 12.2. The molecule has 152 valence electrons. The van der Waals surface area contributed by atoms with Crippen LogP contribution in [0, 0.1) is 6.92 Å². The summed E-state index contributed by atoms with van der Waals surface area (Å²) in [4.78, 5) is 47.8. The maximum absolute atomic E-state index is 12.1. The number of ether oxygens (including phenoxy) is 2. The highest BCUT2D eigenvalue weighted by Gasteiger charge is 2.19. The van der Waals surface area contributed by atoms with E-state index in [-0.39, 0.29) is 5.56 Å². The Morgan fingerprint density at radius 3 is 2.34 bits per heavy atom. The molecular formula is C21H22N2O6. The molecule has 0 saturated carbocycles. The second-order valence-corrected chi connectivity index (χ2v) is 6.24. The Morgan fingerprint density at radius 2 is 1.69 bits per heavy atom. The van der Waals surface area contributed by atoms with Gasteiger partial charge in [0.25, 0.3) is 11.8 Å². The molecule has 2 rings (SSSR count). The fourth-order valence-electron chi connectivity index (χ4n) is 2.38. The van der Waals surface area contributed by atoms with E-state index in [1.807, 2.05) is 0 Å². The number of benzene rings is 2. The molecule has 0 radical (unpaired) electrons. The fourth-order valence-corrected chi connectivity index (χ4v) is 2.38. The lowest BCUT2D eigenvalue weighted by Gasteiger charge is -2.14. The van der Waals surface area contributed by atoms with Gasteiger partial charge in [-0.25, -0.2) is 9.59 Å². The number of amides is 2. The van der Waals surface area contributed by atoms with Gasteiger partial charge in [-0.1, -0.05) is 24.3 Å². The Balaban J connectivity index is 1.88. The zero-order valence-electron chi connectivity index (χ0n) is 16.4. The second kappa shape index (κ2) is 10.0. The van der Waals surface area contributed by atoms with Gasteiger partial charge in [-0.3, -0.25) is 9.59 Å². The van der Waals surface area contributed by atoms with Crippen molar-refractivity contribution >= 4 is 29.4 Å². The van der Waals surface area contributed by atoms with E-state index in [9.17, 15) is 19.2 Å². The Labute approximate surface area is 168 Å². The molecule has 0 bridgehead atoms. The standard InChI is InChI=1S/C21H22N2O6/c1-13-9-10-16(21(27)28-3)11-17(13)23-18(24)12-29-20(26)14(2)22-19(25)15-7-5-4-6-8-15/h4-11,14H,12H2,1-3H3,(H,22,25)(H,23,24)/t14-/m0/s1. The minimum atomic E-state index is -0.931. The summed E-state index contributed by atoms with van der Waals surface area (Å²) in [5.41, 5.74) is 1.81. The smallest absolute Gasteiger partial charge is 0.337 e.